The zero-order valence-electron chi connectivity index (χ0n) is 11.1. The number of aryl methyl sites for hydroxylation is 1. The monoisotopic (exact) mass is 261 g/mol. The fourth-order valence-corrected chi connectivity index (χ4v) is 5.92. The summed E-state index contributed by atoms with van der Waals surface area (Å²) in [6.45, 7) is 0. The smallest absolute Gasteiger partial charge is 0.0101 e. The summed E-state index contributed by atoms with van der Waals surface area (Å²) < 4.78 is 0. The summed E-state index contributed by atoms with van der Waals surface area (Å²) >= 11 is 1.83. The maximum Gasteiger partial charge on any atom is 0.0101 e. The average molecular weight is 261 g/mol. The van der Waals surface area contributed by atoms with E-state index in [0.717, 1.165) is 35.6 Å². The molecule has 1 aromatic rings. The number of rotatable bonds is 5. The molecule has 1 heterocycles. The highest BCUT2D eigenvalue weighted by Crippen LogP contribution is 2.70. The third-order valence-corrected chi connectivity index (χ3v) is 6.69. The van der Waals surface area contributed by atoms with Gasteiger partial charge in [-0.2, -0.15) is 11.3 Å². The first-order chi connectivity index (χ1) is 8.88. The van der Waals surface area contributed by atoms with Crippen molar-refractivity contribution in [3.05, 3.63) is 22.4 Å². The largest absolute Gasteiger partial charge is 0.317 e. The van der Waals surface area contributed by atoms with Crippen molar-refractivity contribution in [2.75, 3.05) is 7.05 Å². The van der Waals surface area contributed by atoms with Crippen molar-refractivity contribution < 1.29 is 0 Å². The predicted molar refractivity (Wildman–Crippen MR) is 76.8 cm³/mol. The van der Waals surface area contributed by atoms with Gasteiger partial charge in [0.05, 0.1) is 0 Å². The standard InChI is InChI=1S/C16H23NS/c1-17-13(5-2-10-6-7-18-9-10)16-14-11-3-4-12(8-11)15(14)16/h6-7,9,11-17H,2-5,8H2,1H3. The van der Waals surface area contributed by atoms with E-state index in [2.05, 4.69) is 29.2 Å². The summed E-state index contributed by atoms with van der Waals surface area (Å²) in [4.78, 5) is 0. The highest BCUT2D eigenvalue weighted by Gasteiger charge is 2.66. The summed E-state index contributed by atoms with van der Waals surface area (Å²) in [5.74, 6) is 5.48. The van der Waals surface area contributed by atoms with E-state index in [0.29, 0.717) is 0 Å². The van der Waals surface area contributed by atoms with E-state index in [1.165, 1.54) is 18.4 Å². The van der Waals surface area contributed by atoms with Crippen LogP contribution in [0.1, 0.15) is 31.2 Å². The van der Waals surface area contributed by atoms with Crippen molar-refractivity contribution in [3.8, 4) is 0 Å². The fourth-order valence-electron chi connectivity index (χ4n) is 5.22. The summed E-state index contributed by atoms with van der Waals surface area (Å²) in [6.07, 6.45) is 7.27. The molecule has 1 aromatic heterocycles. The van der Waals surface area contributed by atoms with Gasteiger partial charge < -0.3 is 5.32 Å². The van der Waals surface area contributed by atoms with E-state index in [4.69, 9.17) is 0 Å². The lowest BCUT2D eigenvalue weighted by atomic mass is 9.94. The molecule has 0 amide bonds. The van der Waals surface area contributed by atoms with Gasteiger partial charge in [-0.1, -0.05) is 0 Å². The minimum Gasteiger partial charge on any atom is -0.317 e. The lowest BCUT2D eigenvalue weighted by molar-refractivity contribution is 0.364. The number of thiophene rings is 1. The number of hydrogen-bond acceptors (Lipinski definition) is 2. The molecule has 98 valence electrons. The molecule has 0 spiro atoms. The van der Waals surface area contributed by atoms with Gasteiger partial charge in [-0.25, -0.2) is 0 Å². The van der Waals surface area contributed by atoms with Crippen LogP contribution in [0.15, 0.2) is 16.8 Å². The Bertz CT molecular complexity index is 397. The zero-order chi connectivity index (χ0) is 12.1. The molecule has 4 rings (SSSR count). The highest BCUT2D eigenvalue weighted by molar-refractivity contribution is 7.07. The lowest BCUT2D eigenvalue weighted by Gasteiger charge is -2.19. The Morgan fingerprint density at radius 3 is 2.72 bits per heavy atom. The molecule has 2 heteroatoms. The van der Waals surface area contributed by atoms with Gasteiger partial charge in [-0.05, 0) is 91.1 Å². The molecule has 0 aliphatic heterocycles. The van der Waals surface area contributed by atoms with Gasteiger partial charge >= 0.3 is 0 Å². The van der Waals surface area contributed by atoms with E-state index >= 15 is 0 Å². The van der Waals surface area contributed by atoms with Crippen LogP contribution in [0.5, 0.6) is 0 Å². The Hall–Kier alpha value is -0.340. The summed E-state index contributed by atoms with van der Waals surface area (Å²) in [7, 11) is 2.17. The third kappa shape index (κ3) is 1.69. The number of nitrogens with one attached hydrogen (secondary N) is 1. The van der Waals surface area contributed by atoms with E-state index in [9.17, 15) is 0 Å². The summed E-state index contributed by atoms with van der Waals surface area (Å²) in [5.41, 5.74) is 1.54. The maximum atomic E-state index is 3.63. The van der Waals surface area contributed by atoms with Crippen molar-refractivity contribution in [2.45, 2.75) is 38.1 Å². The molecule has 0 saturated heterocycles. The quantitative estimate of drug-likeness (QED) is 0.854. The van der Waals surface area contributed by atoms with Gasteiger partial charge in [-0.3, -0.25) is 0 Å². The topological polar surface area (TPSA) is 12.0 Å². The Kier molecular flexibility index (Phi) is 2.77. The second-order valence-electron chi connectivity index (χ2n) is 6.63. The minimum atomic E-state index is 0.781. The highest BCUT2D eigenvalue weighted by atomic mass is 32.1. The summed E-state index contributed by atoms with van der Waals surface area (Å²) in [6, 6.07) is 3.07. The first-order valence-corrected chi connectivity index (χ1v) is 8.51. The van der Waals surface area contributed by atoms with Crippen molar-refractivity contribution in [3.63, 3.8) is 0 Å². The SMILES string of the molecule is CNC(CCc1ccsc1)C1C2C3CCC(C3)C21. The first-order valence-electron chi connectivity index (χ1n) is 7.57. The van der Waals surface area contributed by atoms with Crippen LogP contribution in [0.4, 0.5) is 0 Å². The molecule has 18 heavy (non-hydrogen) atoms. The van der Waals surface area contributed by atoms with Crippen LogP contribution >= 0.6 is 11.3 Å². The van der Waals surface area contributed by atoms with E-state index in [1.807, 2.05) is 11.3 Å². The van der Waals surface area contributed by atoms with Crippen LogP contribution in [-0.2, 0) is 6.42 Å². The Morgan fingerprint density at radius 2 is 2.11 bits per heavy atom. The molecule has 1 N–H and O–H groups in total. The predicted octanol–water partition coefficient (Wildman–Crippen LogP) is 3.56. The normalized spacial score (nSPS) is 41.9. The van der Waals surface area contributed by atoms with Gasteiger partial charge in [0, 0.05) is 6.04 Å². The molecular weight excluding hydrogens is 238 g/mol. The summed E-state index contributed by atoms with van der Waals surface area (Å²) in [5, 5.41) is 8.14. The molecule has 3 fully saturated rings. The van der Waals surface area contributed by atoms with Crippen LogP contribution in [0.2, 0.25) is 0 Å². The van der Waals surface area contributed by atoms with E-state index in [-0.39, 0.29) is 0 Å². The van der Waals surface area contributed by atoms with Crippen molar-refractivity contribution in [1.82, 2.24) is 5.32 Å². The lowest BCUT2D eigenvalue weighted by Crippen LogP contribution is -2.30. The first kappa shape index (κ1) is 11.5. The molecule has 0 radical (unpaired) electrons. The molecule has 3 aliphatic carbocycles. The Labute approximate surface area is 114 Å². The molecule has 3 aliphatic rings. The number of hydrogen-bond donors (Lipinski definition) is 1. The molecule has 3 saturated carbocycles. The van der Waals surface area contributed by atoms with Gasteiger partial charge in [0.1, 0.15) is 0 Å². The molecule has 1 nitrogen and oxygen atoms in total. The van der Waals surface area contributed by atoms with Crippen LogP contribution in [-0.4, -0.2) is 13.1 Å². The second kappa shape index (κ2) is 4.35. The van der Waals surface area contributed by atoms with E-state index in [1.54, 1.807) is 19.3 Å². The van der Waals surface area contributed by atoms with Gasteiger partial charge in [-0.15, -0.1) is 0 Å². The minimum absolute atomic E-state index is 0.781. The Balaban J connectivity index is 1.38. The zero-order valence-corrected chi connectivity index (χ0v) is 12.0. The van der Waals surface area contributed by atoms with Crippen LogP contribution in [0, 0.1) is 29.6 Å². The third-order valence-electron chi connectivity index (χ3n) is 5.95. The van der Waals surface area contributed by atoms with Crippen molar-refractivity contribution in [2.24, 2.45) is 29.6 Å². The van der Waals surface area contributed by atoms with E-state index < -0.39 is 0 Å². The van der Waals surface area contributed by atoms with Crippen LogP contribution in [0.25, 0.3) is 0 Å². The molecule has 0 aromatic carbocycles. The van der Waals surface area contributed by atoms with Gasteiger partial charge in [0.25, 0.3) is 0 Å². The van der Waals surface area contributed by atoms with Crippen molar-refractivity contribution in [1.29, 1.82) is 0 Å². The fraction of sp³-hybridized carbons (Fsp3) is 0.750. The Morgan fingerprint density at radius 1 is 1.33 bits per heavy atom. The number of fused-ring (bicyclic) bond motifs is 5. The molecule has 5 atom stereocenters. The molecule has 2 bridgehead atoms. The van der Waals surface area contributed by atoms with Crippen molar-refractivity contribution >= 4 is 11.3 Å². The second-order valence-corrected chi connectivity index (χ2v) is 7.41. The van der Waals surface area contributed by atoms with Gasteiger partial charge in [0.2, 0.25) is 0 Å². The van der Waals surface area contributed by atoms with Gasteiger partial charge in [0.15, 0.2) is 0 Å². The molecular formula is C16H23NS. The van der Waals surface area contributed by atoms with Crippen LogP contribution in [0.3, 0.4) is 0 Å². The molecule has 5 unspecified atom stereocenters. The van der Waals surface area contributed by atoms with Crippen LogP contribution < -0.4 is 5.32 Å². The average Bonchev–Trinajstić information content (AvgIpc) is 2.84. The maximum absolute atomic E-state index is 3.63.